The zero-order valence-electron chi connectivity index (χ0n) is 17.4. The quantitative estimate of drug-likeness (QED) is 0.675. The smallest absolute Gasteiger partial charge is 0.338 e. The summed E-state index contributed by atoms with van der Waals surface area (Å²) in [4.78, 5) is 49.9. The molecule has 2 rings (SSSR count). The molecule has 1 N–H and O–H groups in total. The molecule has 0 aromatic rings. The number of esters is 2. The van der Waals surface area contributed by atoms with Crippen LogP contribution in [0.3, 0.4) is 0 Å². The molecule has 0 saturated heterocycles. The van der Waals surface area contributed by atoms with Gasteiger partial charge in [-0.3, -0.25) is 9.59 Å². The van der Waals surface area contributed by atoms with Crippen LogP contribution in [0.25, 0.3) is 0 Å². The Bertz CT molecular complexity index is 904. The van der Waals surface area contributed by atoms with Crippen molar-refractivity contribution < 1.29 is 33.4 Å². The van der Waals surface area contributed by atoms with Crippen molar-refractivity contribution in [1.82, 2.24) is 5.32 Å². The summed E-state index contributed by atoms with van der Waals surface area (Å²) in [6.45, 7) is 8.10. The van der Waals surface area contributed by atoms with Gasteiger partial charge >= 0.3 is 11.9 Å². The molecule has 1 spiro atoms. The molecule has 0 aromatic carbocycles. The number of rotatable bonds is 6. The minimum Gasteiger partial charge on any atom is -0.499 e. The Balaban J connectivity index is 2.92. The topological polar surface area (TPSA) is 108 Å². The van der Waals surface area contributed by atoms with Gasteiger partial charge in [0.2, 0.25) is 5.91 Å². The summed E-state index contributed by atoms with van der Waals surface area (Å²) < 4.78 is 15.9. The molecule has 1 unspecified atom stereocenters. The Kier molecular flexibility index (Phi) is 6.46. The molecule has 0 saturated carbocycles. The van der Waals surface area contributed by atoms with Gasteiger partial charge in [-0.25, -0.2) is 9.59 Å². The Morgan fingerprint density at radius 2 is 1.62 bits per heavy atom. The molecule has 0 aliphatic heterocycles. The van der Waals surface area contributed by atoms with Crippen molar-refractivity contribution in [3.63, 3.8) is 0 Å². The molecular formula is C21H25NO7. The Labute approximate surface area is 169 Å². The van der Waals surface area contributed by atoms with Crippen LogP contribution in [0, 0.1) is 5.41 Å². The number of hydrogen-bond donors (Lipinski definition) is 1. The van der Waals surface area contributed by atoms with Gasteiger partial charge in [0.05, 0.1) is 31.5 Å². The van der Waals surface area contributed by atoms with Crippen LogP contribution < -0.4 is 5.32 Å². The van der Waals surface area contributed by atoms with Crippen molar-refractivity contribution in [3.8, 4) is 0 Å². The number of methoxy groups -OCH3 is 1. The second-order valence-corrected chi connectivity index (χ2v) is 6.55. The van der Waals surface area contributed by atoms with Gasteiger partial charge in [-0.15, -0.1) is 0 Å². The van der Waals surface area contributed by atoms with Gasteiger partial charge in [0.1, 0.15) is 11.2 Å². The maximum atomic E-state index is 13.0. The lowest BCUT2D eigenvalue weighted by Crippen LogP contribution is -2.42. The highest BCUT2D eigenvalue weighted by Gasteiger charge is 2.57. The lowest BCUT2D eigenvalue weighted by Gasteiger charge is -2.38. The van der Waals surface area contributed by atoms with E-state index in [-0.39, 0.29) is 35.8 Å². The SMILES string of the molecule is CCOC(=O)C1=C(C)C2(C(NC(C)=O)=CC(=O)C=C2OC)C(C(=O)OCC)=C1C. The average Bonchev–Trinajstić information content (AvgIpc) is 2.86. The van der Waals surface area contributed by atoms with Crippen LogP contribution in [-0.4, -0.2) is 44.0 Å². The first-order valence-electron chi connectivity index (χ1n) is 9.23. The molecule has 0 aromatic heterocycles. The second kappa shape index (κ2) is 8.46. The van der Waals surface area contributed by atoms with Crippen LogP contribution in [0.5, 0.6) is 0 Å². The fraction of sp³-hybridized carbons (Fsp3) is 0.429. The lowest BCUT2D eigenvalue weighted by atomic mass is 9.69. The van der Waals surface area contributed by atoms with Crippen molar-refractivity contribution in [2.24, 2.45) is 5.41 Å². The van der Waals surface area contributed by atoms with Crippen LogP contribution in [0.15, 0.2) is 45.9 Å². The molecular weight excluding hydrogens is 378 g/mol. The van der Waals surface area contributed by atoms with Crippen LogP contribution >= 0.6 is 0 Å². The summed E-state index contributed by atoms with van der Waals surface area (Å²) in [6, 6.07) is 0. The Hall–Kier alpha value is -3.16. The van der Waals surface area contributed by atoms with E-state index < -0.39 is 29.0 Å². The molecule has 8 heteroatoms. The van der Waals surface area contributed by atoms with E-state index in [4.69, 9.17) is 14.2 Å². The molecule has 156 valence electrons. The summed E-state index contributed by atoms with van der Waals surface area (Å²) in [6.07, 6.45) is 2.45. The largest absolute Gasteiger partial charge is 0.499 e. The number of nitrogens with one attached hydrogen (secondary N) is 1. The number of ether oxygens (including phenoxy) is 3. The molecule has 2 aliphatic rings. The predicted octanol–water partition coefficient (Wildman–Crippen LogP) is 1.88. The Morgan fingerprint density at radius 3 is 2.14 bits per heavy atom. The number of amides is 1. The van der Waals surface area contributed by atoms with Gasteiger partial charge in [-0.1, -0.05) is 0 Å². The first-order valence-corrected chi connectivity index (χ1v) is 9.23. The molecule has 1 atom stereocenters. The van der Waals surface area contributed by atoms with E-state index in [1.165, 1.54) is 26.2 Å². The fourth-order valence-corrected chi connectivity index (χ4v) is 3.92. The second-order valence-electron chi connectivity index (χ2n) is 6.55. The first kappa shape index (κ1) is 22.1. The molecule has 1 amide bonds. The fourth-order valence-electron chi connectivity index (χ4n) is 3.92. The van der Waals surface area contributed by atoms with Crippen molar-refractivity contribution >= 4 is 23.6 Å². The predicted molar refractivity (Wildman–Crippen MR) is 103 cm³/mol. The minimum absolute atomic E-state index is 0.0977. The molecule has 0 radical (unpaired) electrons. The summed E-state index contributed by atoms with van der Waals surface area (Å²) in [5.74, 6) is -2.06. The molecule has 2 aliphatic carbocycles. The molecule has 0 heterocycles. The highest BCUT2D eigenvalue weighted by molar-refractivity contribution is 6.09. The van der Waals surface area contributed by atoms with E-state index in [0.29, 0.717) is 11.1 Å². The van der Waals surface area contributed by atoms with Crippen molar-refractivity contribution in [1.29, 1.82) is 0 Å². The maximum absolute atomic E-state index is 13.0. The number of allylic oxidation sites excluding steroid dienone is 2. The number of hydrogen-bond acceptors (Lipinski definition) is 7. The van der Waals surface area contributed by atoms with Crippen LogP contribution in [0.2, 0.25) is 0 Å². The Morgan fingerprint density at radius 1 is 1.03 bits per heavy atom. The van der Waals surface area contributed by atoms with Crippen LogP contribution in [-0.2, 0) is 33.4 Å². The van der Waals surface area contributed by atoms with E-state index >= 15 is 0 Å². The van der Waals surface area contributed by atoms with Gasteiger partial charge < -0.3 is 19.5 Å². The van der Waals surface area contributed by atoms with Gasteiger partial charge in [0.25, 0.3) is 0 Å². The van der Waals surface area contributed by atoms with E-state index in [1.54, 1.807) is 27.7 Å². The van der Waals surface area contributed by atoms with Gasteiger partial charge in [-0.05, 0) is 38.8 Å². The van der Waals surface area contributed by atoms with E-state index in [1.807, 2.05) is 0 Å². The van der Waals surface area contributed by atoms with Gasteiger partial charge in [0, 0.05) is 24.8 Å². The van der Waals surface area contributed by atoms with Crippen LogP contribution in [0.1, 0.15) is 34.6 Å². The first-order chi connectivity index (χ1) is 13.7. The summed E-state index contributed by atoms with van der Waals surface area (Å²) in [5, 5.41) is 2.63. The lowest BCUT2D eigenvalue weighted by molar-refractivity contribution is -0.140. The third-order valence-corrected chi connectivity index (χ3v) is 4.89. The normalized spacial score (nSPS) is 21.1. The minimum atomic E-state index is -1.48. The van der Waals surface area contributed by atoms with Gasteiger partial charge in [0.15, 0.2) is 5.78 Å². The number of carbonyl (C=O) groups excluding carboxylic acids is 4. The average molecular weight is 403 g/mol. The molecule has 8 nitrogen and oxygen atoms in total. The third kappa shape index (κ3) is 3.50. The van der Waals surface area contributed by atoms with Crippen LogP contribution in [0.4, 0.5) is 0 Å². The van der Waals surface area contributed by atoms with E-state index in [2.05, 4.69) is 5.32 Å². The molecule has 29 heavy (non-hydrogen) atoms. The summed E-state index contributed by atoms with van der Waals surface area (Å²) in [7, 11) is 1.35. The van der Waals surface area contributed by atoms with E-state index in [0.717, 1.165) is 0 Å². The number of carbonyl (C=O) groups is 4. The zero-order chi connectivity index (χ0) is 21.9. The summed E-state index contributed by atoms with van der Waals surface area (Å²) >= 11 is 0. The van der Waals surface area contributed by atoms with Crippen molar-refractivity contribution in [2.45, 2.75) is 34.6 Å². The highest BCUT2D eigenvalue weighted by atomic mass is 16.5. The van der Waals surface area contributed by atoms with Gasteiger partial charge in [-0.2, -0.15) is 0 Å². The van der Waals surface area contributed by atoms with Crippen molar-refractivity contribution in [3.05, 3.63) is 45.9 Å². The highest BCUT2D eigenvalue weighted by Crippen LogP contribution is 2.57. The molecule has 0 bridgehead atoms. The van der Waals surface area contributed by atoms with Crippen molar-refractivity contribution in [2.75, 3.05) is 20.3 Å². The maximum Gasteiger partial charge on any atom is 0.338 e. The molecule has 0 fully saturated rings. The monoisotopic (exact) mass is 403 g/mol. The summed E-state index contributed by atoms with van der Waals surface area (Å²) in [5.41, 5.74) is -0.338. The van der Waals surface area contributed by atoms with E-state index in [9.17, 15) is 19.2 Å². The standard InChI is InChI=1S/C21H25NO7/c1-7-28-19(25)17-11(3)18(20(26)29-8-2)21(12(17)4)15(22-13(5)23)9-14(24)10-16(21)27-6/h9-10H,7-8H2,1-6H3,(H,22,23). The number of ketones is 1. The third-order valence-electron chi connectivity index (χ3n) is 4.89. The zero-order valence-corrected chi connectivity index (χ0v) is 17.4.